The molecule has 22 heavy (non-hydrogen) atoms. The van der Waals surface area contributed by atoms with E-state index in [-0.39, 0.29) is 6.54 Å². The van der Waals surface area contributed by atoms with Crippen LogP contribution in [0.25, 0.3) is 5.69 Å². The number of carbonyl (C=O) groups is 1. The molecule has 1 fully saturated rings. The normalized spacial score (nSPS) is 16.0. The summed E-state index contributed by atoms with van der Waals surface area (Å²) in [5.41, 5.74) is 2.31. The maximum atomic E-state index is 10.8. The monoisotopic (exact) mass is 300 g/mol. The predicted molar refractivity (Wildman–Crippen MR) is 84.6 cm³/mol. The quantitative estimate of drug-likeness (QED) is 0.924. The van der Waals surface area contributed by atoms with Gasteiger partial charge in [0.05, 0.1) is 6.54 Å². The zero-order chi connectivity index (χ0) is 15.5. The third-order valence-corrected chi connectivity index (χ3v) is 3.92. The van der Waals surface area contributed by atoms with Crippen molar-refractivity contribution < 1.29 is 9.90 Å². The minimum Gasteiger partial charge on any atom is -0.480 e. The number of nitrogens with zero attached hydrogens (tertiary/aromatic N) is 4. The number of rotatable bonds is 4. The Kier molecular flexibility index (Phi) is 4.11. The Morgan fingerprint density at radius 1 is 1.27 bits per heavy atom. The molecule has 1 aromatic heterocycles. The van der Waals surface area contributed by atoms with E-state index in [0.29, 0.717) is 0 Å². The summed E-state index contributed by atoms with van der Waals surface area (Å²) in [6.45, 7) is 5.25. The van der Waals surface area contributed by atoms with E-state index in [1.54, 1.807) is 6.20 Å². The van der Waals surface area contributed by atoms with E-state index in [0.717, 1.165) is 37.8 Å². The topological polar surface area (TPSA) is 61.6 Å². The van der Waals surface area contributed by atoms with Gasteiger partial charge < -0.3 is 10.0 Å². The minimum absolute atomic E-state index is 0.111. The summed E-state index contributed by atoms with van der Waals surface area (Å²) in [5, 5.41) is 8.86. The molecule has 0 radical (unpaired) electrons. The van der Waals surface area contributed by atoms with Crippen molar-refractivity contribution in [2.45, 2.75) is 6.92 Å². The first-order valence-corrected chi connectivity index (χ1v) is 7.43. The first kappa shape index (κ1) is 14.6. The average Bonchev–Trinajstić information content (AvgIpc) is 2.97. The second-order valence-corrected chi connectivity index (χ2v) is 5.59. The zero-order valence-corrected chi connectivity index (χ0v) is 12.6. The lowest BCUT2D eigenvalue weighted by atomic mass is 10.2. The first-order valence-electron chi connectivity index (χ1n) is 7.43. The summed E-state index contributed by atoms with van der Waals surface area (Å²) in [6.07, 6.45) is 3.77. The SMILES string of the molecule is Cc1cccc(-n2ccnc2N2CCN(CC(=O)O)CC2)c1. The molecular weight excluding hydrogens is 280 g/mol. The maximum absolute atomic E-state index is 10.8. The summed E-state index contributed by atoms with van der Waals surface area (Å²) >= 11 is 0. The second-order valence-electron chi connectivity index (χ2n) is 5.59. The number of carboxylic acids is 1. The summed E-state index contributed by atoms with van der Waals surface area (Å²) in [5.74, 6) is 0.148. The van der Waals surface area contributed by atoms with Crippen LogP contribution in [0.3, 0.4) is 0 Å². The summed E-state index contributed by atoms with van der Waals surface area (Å²) in [4.78, 5) is 19.4. The van der Waals surface area contributed by atoms with Crippen LogP contribution in [-0.4, -0.2) is 58.3 Å². The fourth-order valence-corrected chi connectivity index (χ4v) is 2.81. The highest BCUT2D eigenvalue weighted by molar-refractivity contribution is 5.69. The lowest BCUT2D eigenvalue weighted by molar-refractivity contribution is -0.138. The van der Waals surface area contributed by atoms with E-state index in [2.05, 4.69) is 39.6 Å². The number of piperazine rings is 1. The Labute approximate surface area is 129 Å². The molecule has 116 valence electrons. The van der Waals surface area contributed by atoms with E-state index in [4.69, 9.17) is 5.11 Å². The van der Waals surface area contributed by atoms with Crippen molar-refractivity contribution in [1.29, 1.82) is 0 Å². The highest BCUT2D eigenvalue weighted by Gasteiger charge is 2.21. The van der Waals surface area contributed by atoms with Crippen LogP contribution in [0, 0.1) is 6.92 Å². The standard InChI is InChI=1S/C16H20N4O2/c1-13-3-2-4-14(11-13)20-6-5-17-16(20)19-9-7-18(8-10-19)12-15(21)22/h2-6,11H,7-10,12H2,1H3,(H,21,22). The van der Waals surface area contributed by atoms with Crippen LogP contribution in [0.2, 0.25) is 0 Å². The molecule has 2 heterocycles. The Morgan fingerprint density at radius 2 is 2.05 bits per heavy atom. The molecule has 0 saturated carbocycles. The van der Waals surface area contributed by atoms with Gasteiger partial charge in [-0.15, -0.1) is 0 Å². The third-order valence-electron chi connectivity index (χ3n) is 3.92. The highest BCUT2D eigenvalue weighted by atomic mass is 16.4. The van der Waals surface area contributed by atoms with Gasteiger partial charge in [-0.05, 0) is 24.6 Å². The number of imidazole rings is 1. The maximum Gasteiger partial charge on any atom is 0.317 e. The third kappa shape index (κ3) is 3.12. The van der Waals surface area contributed by atoms with Crippen molar-refractivity contribution in [3.05, 3.63) is 42.2 Å². The second kappa shape index (κ2) is 6.19. The van der Waals surface area contributed by atoms with Gasteiger partial charge in [0.1, 0.15) is 0 Å². The smallest absolute Gasteiger partial charge is 0.317 e. The Balaban J connectivity index is 1.75. The first-order chi connectivity index (χ1) is 10.6. The van der Waals surface area contributed by atoms with E-state index >= 15 is 0 Å². The number of hydrogen-bond acceptors (Lipinski definition) is 4. The van der Waals surface area contributed by atoms with Gasteiger partial charge in [-0.3, -0.25) is 14.3 Å². The van der Waals surface area contributed by atoms with Crippen LogP contribution in [0.5, 0.6) is 0 Å². The molecule has 2 aromatic rings. The van der Waals surface area contributed by atoms with Crippen molar-refractivity contribution in [2.24, 2.45) is 0 Å². The van der Waals surface area contributed by atoms with E-state index in [1.165, 1.54) is 5.56 Å². The summed E-state index contributed by atoms with van der Waals surface area (Å²) in [6, 6.07) is 8.31. The summed E-state index contributed by atoms with van der Waals surface area (Å²) in [7, 11) is 0. The van der Waals surface area contributed by atoms with Crippen LogP contribution < -0.4 is 4.90 Å². The van der Waals surface area contributed by atoms with Gasteiger partial charge in [-0.25, -0.2) is 4.98 Å². The molecule has 6 heteroatoms. The molecule has 0 spiro atoms. The van der Waals surface area contributed by atoms with Crippen molar-refractivity contribution in [3.63, 3.8) is 0 Å². The largest absolute Gasteiger partial charge is 0.480 e. The molecule has 0 bridgehead atoms. The van der Waals surface area contributed by atoms with Gasteiger partial charge in [-0.1, -0.05) is 12.1 Å². The van der Waals surface area contributed by atoms with Gasteiger partial charge in [-0.2, -0.15) is 0 Å². The van der Waals surface area contributed by atoms with Crippen molar-refractivity contribution in [2.75, 3.05) is 37.6 Å². The molecule has 1 aromatic carbocycles. The number of aryl methyl sites for hydroxylation is 1. The predicted octanol–water partition coefficient (Wildman–Crippen LogP) is 1.39. The number of benzene rings is 1. The van der Waals surface area contributed by atoms with E-state index in [1.807, 2.05) is 17.2 Å². The number of aliphatic carboxylic acids is 1. The molecule has 0 unspecified atom stereocenters. The van der Waals surface area contributed by atoms with Crippen LogP contribution in [-0.2, 0) is 4.79 Å². The van der Waals surface area contributed by atoms with Crippen LogP contribution in [0.4, 0.5) is 5.95 Å². The minimum atomic E-state index is -0.769. The Bertz CT molecular complexity index is 660. The average molecular weight is 300 g/mol. The van der Waals surface area contributed by atoms with Crippen LogP contribution in [0.15, 0.2) is 36.7 Å². The molecule has 6 nitrogen and oxygen atoms in total. The van der Waals surface area contributed by atoms with Crippen molar-refractivity contribution in [1.82, 2.24) is 14.5 Å². The Hall–Kier alpha value is -2.34. The van der Waals surface area contributed by atoms with Gasteiger partial charge in [0.25, 0.3) is 0 Å². The van der Waals surface area contributed by atoms with Crippen LogP contribution >= 0.6 is 0 Å². The van der Waals surface area contributed by atoms with Crippen molar-refractivity contribution in [3.8, 4) is 5.69 Å². The molecule has 0 aliphatic carbocycles. The fraction of sp³-hybridized carbons (Fsp3) is 0.375. The molecule has 3 rings (SSSR count). The molecule has 0 amide bonds. The van der Waals surface area contributed by atoms with E-state index in [9.17, 15) is 4.79 Å². The van der Waals surface area contributed by atoms with Gasteiger partial charge in [0.15, 0.2) is 0 Å². The zero-order valence-electron chi connectivity index (χ0n) is 12.6. The molecule has 1 aliphatic rings. The van der Waals surface area contributed by atoms with Gasteiger partial charge in [0, 0.05) is 44.3 Å². The van der Waals surface area contributed by atoms with Crippen molar-refractivity contribution >= 4 is 11.9 Å². The lowest BCUT2D eigenvalue weighted by Crippen LogP contribution is -2.48. The molecule has 1 N–H and O–H groups in total. The summed E-state index contributed by atoms with van der Waals surface area (Å²) < 4.78 is 2.08. The molecule has 1 saturated heterocycles. The van der Waals surface area contributed by atoms with E-state index < -0.39 is 5.97 Å². The fourth-order valence-electron chi connectivity index (χ4n) is 2.81. The van der Waals surface area contributed by atoms with Crippen LogP contribution in [0.1, 0.15) is 5.56 Å². The molecule has 1 aliphatic heterocycles. The number of anilines is 1. The number of carboxylic acid groups (broad SMARTS) is 1. The number of aromatic nitrogens is 2. The van der Waals surface area contributed by atoms with Gasteiger partial charge in [0.2, 0.25) is 5.95 Å². The highest BCUT2D eigenvalue weighted by Crippen LogP contribution is 2.20. The lowest BCUT2D eigenvalue weighted by Gasteiger charge is -2.34. The Morgan fingerprint density at radius 3 is 2.73 bits per heavy atom. The number of hydrogen-bond donors (Lipinski definition) is 1. The molecular formula is C16H20N4O2. The van der Waals surface area contributed by atoms with Gasteiger partial charge >= 0.3 is 5.97 Å². The molecule has 0 atom stereocenters.